The predicted molar refractivity (Wildman–Crippen MR) is 111 cm³/mol. The Morgan fingerprint density at radius 2 is 2.19 bits per heavy atom. The van der Waals surface area contributed by atoms with E-state index in [1.165, 1.54) is 30.6 Å². The van der Waals surface area contributed by atoms with Gasteiger partial charge < -0.3 is 10.6 Å². The Bertz CT molecular complexity index is 1350. The van der Waals surface area contributed by atoms with Crippen molar-refractivity contribution in [3.05, 3.63) is 63.2 Å². The number of hydrogen-bond donors (Lipinski definition) is 2. The summed E-state index contributed by atoms with van der Waals surface area (Å²) in [6.45, 7) is 0.579. The maximum Gasteiger partial charge on any atom is 0.285 e. The molecule has 3 aromatic rings. The van der Waals surface area contributed by atoms with Gasteiger partial charge in [0.05, 0.1) is 21.2 Å². The van der Waals surface area contributed by atoms with E-state index >= 15 is 0 Å². The van der Waals surface area contributed by atoms with Crippen molar-refractivity contribution in [1.29, 1.82) is 0 Å². The third kappa shape index (κ3) is 3.12. The van der Waals surface area contributed by atoms with E-state index in [9.17, 15) is 19.3 Å². The van der Waals surface area contributed by atoms with E-state index in [1.54, 1.807) is 6.07 Å². The zero-order valence-electron chi connectivity index (χ0n) is 15.8. The van der Waals surface area contributed by atoms with Crippen molar-refractivity contribution in [2.24, 2.45) is 11.3 Å². The van der Waals surface area contributed by atoms with Crippen molar-refractivity contribution in [1.82, 2.24) is 15.3 Å². The Morgan fingerprint density at radius 1 is 1.35 bits per heavy atom. The van der Waals surface area contributed by atoms with E-state index in [2.05, 4.69) is 32.4 Å². The summed E-state index contributed by atoms with van der Waals surface area (Å²) in [4.78, 5) is 31.5. The van der Waals surface area contributed by atoms with E-state index < -0.39 is 16.2 Å². The third-order valence-corrected chi connectivity index (χ3v) is 5.89. The van der Waals surface area contributed by atoms with Gasteiger partial charge in [-0.3, -0.25) is 14.9 Å². The molecule has 2 N–H and O–H groups in total. The summed E-state index contributed by atoms with van der Waals surface area (Å²) in [5, 5.41) is 17.5. The average Bonchev–Trinajstić information content (AvgIpc) is 3.39. The van der Waals surface area contributed by atoms with Gasteiger partial charge in [0.25, 0.3) is 5.69 Å². The van der Waals surface area contributed by atoms with Crippen molar-refractivity contribution < 1.29 is 14.1 Å². The van der Waals surface area contributed by atoms with E-state index in [0.29, 0.717) is 23.9 Å². The van der Waals surface area contributed by atoms with Crippen molar-refractivity contribution in [2.45, 2.75) is 6.42 Å². The van der Waals surface area contributed by atoms with Crippen molar-refractivity contribution in [3.8, 4) is 11.8 Å². The number of amides is 1. The van der Waals surface area contributed by atoms with Crippen LogP contribution in [-0.2, 0) is 4.79 Å². The quantitative estimate of drug-likeness (QED) is 0.368. The summed E-state index contributed by atoms with van der Waals surface area (Å²) in [5.74, 6) is 5.29. The standard InChI is InChI=1S/C21H13ClFN5O3/c22-14-2-1-3-15(18(14)23)27-19-13-7-17(28(30)31)11(6-16(13)25-10-26-19)4-5-21-8-12(21)9-24-20(21)29/h1-3,6-7,10,12H,8-9H2,(H,24,29)(H,25,26,27)/t12-,21-/m1/s1. The van der Waals surface area contributed by atoms with Gasteiger partial charge in [-0.1, -0.05) is 29.5 Å². The molecule has 1 aliphatic heterocycles. The Morgan fingerprint density at radius 3 is 2.90 bits per heavy atom. The molecule has 31 heavy (non-hydrogen) atoms. The number of nitrogens with zero attached hydrogens (tertiary/aromatic N) is 3. The van der Waals surface area contributed by atoms with Gasteiger partial charge >= 0.3 is 0 Å². The summed E-state index contributed by atoms with van der Waals surface area (Å²) in [7, 11) is 0. The Kier molecular flexibility index (Phi) is 4.27. The minimum absolute atomic E-state index is 0.0689. The van der Waals surface area contributed by atoms with Crippen LogP contribution in [0.5, 0.6) is 0 Å². The second-order valence-electron chi connectivity index (χ2n) is 7.42. The van der Waals surface area contributed by atoms with Crippen LogP contribution < -0.4 is 10.6 Å². The molecule has 2 atom stereocenters. The number of fused-ring (bicyclic) bond motifs is 2. The molecule has 10 heteroatoms. The zero-order chi connectivity index (χ0) is 21.8. The maximum absolute atomic E-state index is 14.3. The molecule has 1 aliphatic carbocycles. The van der Waals surface area contributed by atoms with Crippen molar-refractivity contribution in [3.63, 3.8) is 0 Å². The highest BCUT2D eigenvalue weighted by molar-refractivity contribution is 6.31. The van der Waals surface area contributed by atoms with Crippen LogP contribution >= 0.6 is 11.6 Å². The van der Waals surface area contributed by atoms with Gasteiger partial charge in [0.15, 0.2) is 5.82 Å². The van der Waals surface area contributed by atoms with Gasteiger partial charge in [-0.25, -0.2) is 14.4 Å². The van der Waals surface area contributed by atoms with E-state index in [-0.39, 0.29) is 39.6 Å². The number of carbonyl (C=O) groups excluding carboxylic acids is 1. The topological polar surface area (TPSA) is 110 Å². The first kappa shape index (κ1) is 19.2. The van der Waals surface area contributed by atoms with Gasteiger partial charge in [0.1, 0.15) is 23.1 Å². The smallest absolute Gasteiger partial charge is 0.285 e. The molecule has 0 radical (unpaired) electrons. The predicted octanol–water partition coefficient (Wildman–Crippen LogP) is 3.56. The lowest BCUT2D eigenvalue weighted by Gasteiger charge is -2.10. The van der Waals surface area contributed by atoms with Crippen molar-refractivity contribution >= 4 is 45.6 Å². The monoisotopic (exact) mass is 437 g/mol. The second-order valence-corrected chi connectivity index (χ2v) is 7.83. The van der Waals surface area contributed by atoms with Crippen LogP contribution in [0.3, 0.4) is 0 Å². The van der Waals surface area contributed by atoms with Gasteiger partial charge in [-0.15, -0.1) is 0 Å². The number of anilines is 2. The normalized spacial score (nSPS) is 21.1. The number of piperidine rings is 1. The van der Waals surface area contributed by atoms with E-state index in [1.807, 2.05) is 0 Å². The van der Waals surface area contributed by atoms with Crippen LogP contribution in [0.4, 0.5) is 21.6 Å². The number of halogens is 2. The summed E-state index contributed by atoms with van der Waals surface area (Å²) in [5.41, 5.74) is -0.390. The number of benzene rings is 2. The van der Waals surface area contributed by atoms with Crippen LogP contribution in [0.15, 0.2) is 36.7 Å². The van der Waals surface area contributed by atoms with Gasteiger partial charge in [-0.05, 0) is 24.6 Å². The summed E-state index contributed by atoms with van der Waals surface area (Å²) < 4.78 is 14.3. The first-order chi connectivity index (χ1) is 14.9. The second kappa shape index (κ2) is 6.89. The molecule has 2 heterocycles. The largest absolute Gasteiger partial charge is 0.354 e. The number of nitrogens with one attached hydrogen (secondary N) is 2. The SMILES string of the molecule is O=C1NC[C@H]2C[C@@]12C#Cc1cc2ncnc(Nc3cccc(Cl)c3F)c2cc1[N+](=O)[O-]. The maximum atomic E-state index is 14.3. The molecule has 0 spiro atoms. The molecular weight excluding hydrogens is 425 g/mol. The minimum Gasteiger partial charge on any atom is -0.354 e. The first-order valence-corrected chi connectivity index (χ1v) is 9.72. The highest BCUT2D eigenvalue weighted by atomic mass is 35.5. The molecule has 5 rings (SSSR count). The molecule has 1 saturated carbocycles. The molecule has 0 unspecified atom stereocenters. The summed E-state index contributed by atoms with van der Waals surface area (Å²) in [6.07, 6.45) is 1.92. The molecule has 8 nitrogen and oxygen atoms in total. The van der Waals surface area contributed by atoms with Crippen LogP contribution in [0, 0.1) is 39.1 Å². The Labute approximate surface area is 180 Å². The van der Waals surface area contributed by atoms with Gasteiger partial charge in [0, 0.05) is 23.9 Å². The Hall–Kier alpha value is -3.77. The van der Waals surface area contributed by atoms with Gasteiger partial charge in [-0.2, -0.15) is 0 Å². The fourth-order valence-corrected chi connectivity index (χ4v) is 3.96. The molecule has 2 aromatic carbocycles. The molecule has 0 bridgehead atoms. The average molecular weight is 438 g/mol. The fourth-order valence-electron chi connectivity index (χ4n) is 3.79. The highest BCUT2D eigenvalue weighted by Crippen LogP contribution is 2.55. The molecule has 2 fully saturated rings. The number of carbonyl (C=O) groups is 1. The minimum atomic E-state index is -0.745. The molecule has 1 amide bonds. The molecule has 2 aliphatic rings. The number of rotatable bonds is 3. The highest BCUT2D eigenvalue weighted by Gasteiger charge is 2.63. The van der Waals surface area contributed by atoms with Gasteiger partial charge in [0.2, 0.25) is 5.91 Å². The Balaban J connectivity index is 1.59. The van der Waals surface area contributed by atoms with E-state index in [0.717, 1.165) is 0 Å². The van der Waals surface area contributed by atoms with Crippen LogP contribution in [0.1, 0.15) is 12.0 Å². The number of hydrogen-bond acceptors (Lipinski definition) is 6. The molecule has 154 valence electrons. The van der Waals surface area contributed by atoms with Crippen LogP contribution in [0.2, 0.25) is 5.02 Å². The number of nitro benzene ring substituents is 1. The first-order valence-electron chi connectivity index (χ1n) is 9.35. The van der Waals surface area contributed by atoms with E-state index in [4.69, 9.17) is 11.6 Å². The lowest BCUT2D eigenvalue weighted by molar-refractivity contribution is -0.385. The molecular formula is C21H13ClFN5O3. The number of nitro groups is 1. The fraction of sp³-hybridized carbons (Fsp3) is 0.190. The van der Waals surface area contributed by atoms with Crippen molar-refractivity contribution in [2.75, 3.05) is 11.9 Å². The molecule has 1 aromatic heterocycles. The summed E-state index contributed by atoms with van der Waals surface area (Å²) >= 11 is 5.82. The summed E-state index contributed by atoms with van der Waals surface area (Å²) in [6, 6.07) is 7.21. The third-order valence-electron chi connectivity index (χ3n) is 5.59. The van der Waals surface area contributed by atoms with Crippen LogP contribution in [-0.4, -0.2) is 27.3 Å². The lowest BCUT2D eigenvalue weighted by atomic mass is 10.0. The zero-order valence-corrected chi connectivity index (χ0v) is 16.5. The lowest BCUT2D eigenvalue weighted by Crippen LogP contribution is -2.24. The van der Waals surface area contributed by atoms with Crippen LogP contribution in [0.25, 0.3) is 10.9 Å². The molecule has 1 saturated heterocycles. The number of aromatic nitrogens is 2.